The zero-order valence-electron chi connectivity index (χ0n) is 11.3. The quantitative estimate of drug-likeness (QED) is 0.794. The maximum absolute atomic E-state index is 6.28. The fourth-order valence-corrected chi connectivity index (χ4v) is 3.46. The molecule has 1 N–H and O–H groups in total. The Bertz CT molecular complexity index is 233. The predicted molar refractivity (Wildman–Crippen MR) is 67.5 cm³/mol. The second-order valence-corrected chi connectivity index (χ2v) is 6.09. The molecule has 0 saturated heterocycles. The van der Waals surface area contributed by atoms with Gasteiger partial charge in [-0.05, 0) is 39.2 Å². The van der Waals surface area contributed by atoms with Gasteiger partial charge in [0.15, 0.2) is 0 Å². The van der Waals surface area contributed by atoms with Crippen molar-refractivity contribution in [2.24, 2.45) is 11.3 Å². The molecule has 0 aromatic carbocycles. The molecular weight excluding hydrogens is 198 g/mol. The minimum atomic E-state index is 0.403. The second kappa shape index (κ2) is 4.66. The molecular formula is C14H27NO. The molecule has 2 aliphatic carbocycles. The van der Waals surface area contributed by atoms with Crippen LogP contribution in [0, 0.1) is 11.3 Å². The summed E-state index contributed by atoms with van der Waals surface area (Å²) >= 11 is 0. The van der Waals surface area contributed by atoms with Gasteiger partial charge in [-0.25, -0.2) is 0 Å². The first-order chi connectivity index (χ1) is 7.60. The van der Waals surface area contributed by atoms with Crippen LogP contribution in [0.3, 0.4) is 0 Å². The van der Waals surface area contributed by atoms with Crippen molar-refractivity contribution in [2.75, 3.05) is 7.05 Å². The summed E-state index contributed by atoms with van der Waals surface area (Å²) in [6.45, 7) is 6.72. The van der Waals surface area contributed by atoms with Crippen LogP contribution in [-0.4, -0.2) is 25.3 Å². The number of hydrogen-bond acceptors (Lipinski definition) is 2. The summed E-state index contributed by atoms with van der Waals surface area (Å²) < 4.78 is 6.28. The van der Waals surface area contributed by atoms with Crippen LogP contribution in [-0.2, 0) is 4.74 Å². The fourth-order valence-electron chi connectivity index (χ4n) is 3.46. The third-order valence-corrected chi connectivity index (χ3v) is 4.99. The summed E-state index contributed by atoms with van der Waals surface area (Å²) in [6, 6.07) is 0.708. The minimum Gasteiger partial charge on any atom is -0.374 e. The van der Waals surface area contributed by atoms with E-state index < -0.39 is 0 Å². The van der Waals surface area contributed by atoms with Crippen molar-refractivity contribution in [3.05, 3.63) is 0 Å². The average molecular weight is 225 g/mol. The van der Waals surface area contributed by atoms with E-state index in [0.29, 0.717) is 29.6 Å². The number of ether oxygens (including phenoxy) is 1. The van der Waals surface area contributed by atoms with Crippen LogP contribution in [0.1, 0.15) is 52.9 Å². The Morgan fingerprint density at radius 2 is 1.81 bits per heavy atom. The maximum atomic E-state index is 6.28. The fraction of sp³-hybridized carbons (Fsp3) is 1.00. The summed E-state index contributed by atoms with van der Waals surface area (Å²) in [5, 5.41) is 3.49. The Labute approximate surface area is 100 Å². The van der Waals surface area contributed by atoms with E-state index in [1.807, 2.05) is 0 Å². The zero-order chi connectivity index (χ0) is 11.8. The molecule has 2 nitrogen and oxygen atoms in total. The Morgan fingerprint density at radius 3 is 2.31 bits per heavy atom. The summed E-state index contributed by atoms with van der Waals surface area (Å²) in [6.07, 6.45) is 7.67. The van der Waals surface area contributed by atoms with Crippen LogP contribution in [0.15, 0.2) is 0 Å². The van der Waals surface area contributed by atoms with Gasteiger partial charge in [-0.2, -0.15) is 0 Å². The highest BCUT2D eigenvalue weighted by Crippen LogP contribution is 2.55. The number of rotatable bonds is 4. The highest BCUT2D eigenvalue weighted by Gasteiger charge is 2.56. The smallest absolute Gasteiger partial charge is 0.0665 e. The van der Waals surface area contributed by atoms with Gasteiger partial charge < -0.3 is 10.1 Å². The van der Waals surface area contributed by atoms with Crippen molar-refractivity contribution in [3.8, 4) is 0 Å². The highest BCUT2D eigenvalue weighted by atomic mass is 16.5. The van der Waals surface area contributed by atoms with Gasteiger partial charge in [-0.3, -0.25) is 0 Å². The Balaban J connectivity index is 1.96. The summed E-state index contributed by atoms with van der Waals surface area (Å²) in [7, 11) is 2.10. The van der Waals surface area contributed by atoms with E-state index in [9.17, 15) is 0 Å². The lowest BCUT2D eigenvalue weighted by Crippen LogP contribution is -2.62. The van der Waals surface area contributed by atoms with Crippen LogP contribution in [0.2, 0.25) is 0 Å². The molecule has 0 bridgehead atoms. The average Bonchev–Trinajstić information content (AvgIpc) is 2.74. The molecule has 16 heavy (non-hydrogen) atoms. The number of hydrogen-bond donors (Lipinski definition) is 1. The molecule has 2 heteroatoms. The van der Waals surface area contributed by atoms with Gasteiger partial charge in [0.05, 0.1) is 12.2 Å². The largest absolute Gasteiger partial charge is 0.374 e. The molecule has 2 saturated carbocycles. The Morgan fingerprint density at radius 1 is 1.19 bits per heavy atom. The van der Waals surface area contributed by atoms with E-state index in [1.54, 1.807) is 0 Å². The molecule has 0 radical (unpaired) electrons. The third-order valence-electron chi connectivity index (χ3n) is 4.99. The minimum absolute atomic E-state index is 0.403. The van der Waals surface area contributed by atoms with Crippen LogP contribution < -0.4 is 5.32 Å². The van der Waals surface area contributed by atoms with Gasteiger partial charge in [0.25, 0.3) is 0 Å². The van der Waals surface area contributed by atoms with Crippen molar-refractivity contribution < 1.29 is 4.74 Å². The SMILES string of the molecule is CNC1CC(OC(C)C(C)C)C12CCCC2. The summed E-state index contributed by atoms with van der Waals surface area (Å²) in [5.41, 5.74) is 0.484. The lowest BCUT2D eigenvalue weighted by Gasteiger charge is -2.55. The lowest BCUT2D eigenvalue weighted by molar-refractivity contribution is -0.164. The molecule has 1 spiro atoms. The first kappa shape index (κ1) is 12.4. The van der Waals surface area contributed by atoms with Crippen LogP contribution in [0.4, 0.5) is 0 Å². The van der Waals surface area contributed by atoms with Gasteiger partial charge in [0.2, 0.25) is 0 Å². The van der Waals surface area contributed by atoms with Gasteiger partial charge >= 0.3 is 0 Å². The van der Waals surface area contributed by atoms with Gasteiger partial charge in [-0.15, -0.1) is 0 Å². The van der Waals surface area contributed by atoms with E-state index in [4.69, 9.17) is 4.74 Å². The number of nitrogens with one attached hydrogen (secondary N) is 1. The van der Waals surface area contributed by atoms with Crippen molar-refractivity contribution in [2.45, 2.75) is 71.1 Å². The third kappa shape index (κ3) is 1.91. The van der Waals surface area contributed by atoms with Crippen molar-refractivity contribution in [1.82, 2.24) is 5.32 Å². The molecule has 2 aliphatic rings. The van der Waals surface area contributed by atoms with E-state index in [1.165, 1.54) is 32.1 Å². The molecule has 0 aliphatic heterocycles. The van der Waals surface area contributed by atoms with E-state index >= 15 is 0 Å². The molecule has 0 amide bonds. The molecule has 3 unspecified atom stereocenters. The maximum Gasteiger partial charge on any atom is 0.0665 e. The van der Waals surface area contributed by atoms with Gasteiger partial charge in [0, 0.05) is 11.5 Å². The summed E-state index contributed by atoms with van der Waals surface area (Å²) in [4.78, 5) is 0. The van der Waals surface area contributed by atoms with Crippen LogP contribution in [0.25, 0.3) is 0 Å². The van der Waals surface area contributed by atoms with Crippen molar-refractivity contribution in [3.63, 3.8) is 0 Å². The molecule has 0 aromatic rings. The van der Waals surface area contributed by atoms with E-state index in [2.05, 4.69) is 33.1 Å². The van der Waals surface area contributed by atoms with Crippen LogP contribution in [0.5, 0.6) is 0 Å². The lowest BCUT2D eigenvalue weighted by atomic mass is 9.60. The second-order valence-electron chi connectivity index (χ2n) is 6.09. The van der Waals surface area contributed by atoms with Gasteiger partial charge in [-0.1, -0.05) is 26.7 Å². The molecule has 0 heterocycles. The van der Waals surface area contributed by atoms with E-state index in [0.717, 1.165) is 0 Å². The normalized spacial score (nSPS) is 34.3. The predicted octanol–water partition coefficient (Wildman–Crippen LogP) is 2.97. The first-order valence-corrected chi connectivity index (χ1v) is 6.93. The standard InChI is InChI=1S/C14H27NO/c1-10(2)11(3)16-13-9-12(15-4)14(13)7-5-6-8-14/h10-13,15H,5-9H2,1-4H3. The topological polar surface area (TPSA) is 21.3 Å². The molecule has 2 fully saturated rings. The molecule has 3 atom stereocenters. The Kier molecular flexibility index (Phi) is 3.60. The monoisotopic (exact) mass is 225 g/mol. The van der Waals surface area contributed by atoms with E-state index in [-0.39, 0.29) is 0 Å². The molecule has 0 aromatic heterocycles. The van der Waals surface area contributed by atoms with Crippen LogP contribution >= 0.6 is 0 Å². The Hall–Kier alpha value is -0.0800. The zero-order valence-corrected chi connectivity index (χ0v) is 11.3. The van der Waals surface area contributed by atoms with Crippen molar-refractivity contribution in [1.29, 1.82) is 0 Å². The van der Waals surface area contributed by atoms with Crippen molar-refractivity contribution >= 4 is 0 Å². The highest BCUT2D eigenvalue weighted by molar-refractivity contribution is 5.09. The molecule has 94 valence electrons. The van der Waals surface area contributed by atoms with Gasteiger partial charge in [0.1, 0.15) is 0 Å². The first-order valence-electron chi connectivity index (χ1n) is 6.93. The summed E-state index contributed by atoms with van der Waals surface area (Å²) in [5.74, 6) is 0.632. The molecule has 2 rings (SSSR count).